The van der Waals surface area contributed by atoms with Gasteiger partial charge in [-0.2, -0.15) is 0 Å². The lowest BCUT2D eigenvalue weighted by Crippen LogP contribution is -1.97. The third-order valence-corrected chi connectivity index (χ3v) is 3.51. The van der Waals surface area contributed by atoms with E-state index in [1.807, 2.05) is 18.2 Å². The van der Waals surface area contributed by atoms with Gasteiger partial charge >= 0.3 is 5.97 Å². The third kappa shape index (κ3) is 2.29. The molecule has 0 heterocycles. The van der Waals surface area contributed by atoms with Crippen LogP contribution in [0.15, 0.2) is 60.7 Å². The lowest BCUT2D eigenvalue weighted by molar-refractivity contribution is -0.382. The maximum absolute atomic E-state index is 11.5. The molecule has 0 aliphatic rings. The topological polar surface area (TPSA) is 80.4 Å². The van der Waals surface area contributed by atoms with Gasteiger partial charge in [-0.3, -0.25) is 10.1 Å². The summed E-state index contributed by atoms with van der Waals surface area (Å²) in [6.07, 6.45) is 0. The fourth-order valence-electron chi connectivity index (χ4n) is 2.49. The molecule has 0 aliphatic heterocycles. The molecule has 3 rings (SSSR count). The second kappa shape index (κ2) is 5.29. The van der Waals surface area contributed by atoms with Gasteiger partial charge in [0.05, 0.1) is 21.4 Å². The van der Waals surface area contributed by atoms with E-state index in [-0.39, 0.29) is 11.3 Å². The van der Waals surface area contributed by atoms with E-state index in [4.69, 9.17) is 5.11 Å². The van der Waals surface area contributed by atoms with Crippen LogP contribution in [0.2, 0.25) is 0 Å². The number of hydrogen-bond acceptors (Lipinski definition) is 3. The summed E-state index contributed by atoms with van der Waals surface area (Å²) in [6.45, 7) is 0. The number of nitrogens with zero attached hydrogens (tertiary/aromatic N) is 1. The fourth-order valence-corrected chi connectivity index (χ4v) is 2.49. The Labute approximate surface area is 125 Å². The van der Waals surface area contributed by atoms with Crippen molar-refractivity contribution in [2.75, 3.05) is 0 Å². The molecular weight excluding hydrogens is 282 g/mol. The minimum absolute atomic E-state index is 0.0133. The molecule has 108 valence electrons. The van der Waals surface area contributed by atoms with Crippen LogP contribution in [0.25, 0.3) is 21.9 Å². The Morgan fingerprint density at radius 2 is 1.73 bits per heavy atom. The number of carboxylic acids is 1. The number of aromatic carboxylic acids is 1. The van der Waals surface area contributed by atoms with Gasteiger partial charge in [0.1, 0.15) is 0 Å². The first kappa shape index (κ1) is 13.8. The SMILES string of the molecule is O=C(O)c1ccc2c([N+](=O)[O-])c(-c3ccccc3)ccc2c1. The molecular formula is C17H11NO4. The van der Waals surface area contributed by atoms with E-state index in [0.29, 0.717) is 16.3 Å². The number of nitro benzene ring substituents is 1. The first-order valence-corrected chi connectivity index (χ1v) is 6.58. The van der Waals surface area contributed by atoms with Crippen molar-refractivity contribution in [3.05, 3.63) is 76.3 Å². The van der Waals surface area contributed by atoms with E-state index in [9.17, 15) is 14.9 Å². The molecule has 0 amide bonds. The van der Waals surface area contributed by atoms with Crippen LogP contribution in [-0.2, 0) is 0 Å². The zero-order valence-electron chi connectivity index (χ0n) is 11.4. The highest BCUT2D eigenvalue weighted by Crippen LogP contribution is 2.36. The normalized spacial score (nSPS) is 10.5. The van der Waals surface area contributed by atoms with Crippen molar-refractivity contribution in [2.45, 2.75) is 0 Å². The molecule has 0 fully saturated rings. The van der Waals surface area contributed by atoms with Crippen LogP contribution in [-0.4, -0.2) is 16.0 Å². The average molecular weight is 293 g/mol. The van der Waals surface area contributed by atoms with Gasteiger partial charge in [-0.25, -0.2) is 4.79 Å². The van der Waals surface area contributed by atoms with E-state index < -0.39 is 10.9 Å². The number of carbonyl (C=O) groups is 1. The minimum Gasteiger partial charge on any atom is -0.478 e. The van der Waals surface area contributed by atoms with Gasteiger partial charge in [-0.1, -0.05) is 36.4 Å². The first-order valence-electron chi connectivity index (χ1n) is 6.58. The predicted molar refractivity (Wildman–Crippen MR) is 83.0 cm³/mol. The maximum Gasteiger partial charge on any atom is 0.335 e. The summed E-state index contributed by atoms with van der Waals surface area (Å²) in [7, 11) is 0. The Bertz CT molecular complexity index is 888. The Morgan fingerprint density at radius 1 is 1.00 bits per heavy atom. The van der Waals surface area contributed by atoms with Crippen molar-refractivity contribution < 1.29 is 14.8 Å². The molecule has 0 unspecified atom stereocenters. The number of rotatable bonds is 3. The number of benzene rings is 3. The quantitative estimate of drug-likeness (QED) is 0.582. The summed E-state index contributed by atoms with van der Waals surface area (Å²) in [6, 6.07) is 16.8. The van der Waals surface area contributed by atoms with E-state index in [1.54, 1.807) is 24.3 Å². The van der Waals surface area contributed by atoms with E-state index >= 15 is 0 Å². The van der Waals surface area contributed by atoms with Crippen LogP contribution in [0.1, 0.15) is 10.4 Å². The van der Waals surface area contributed by atoms with Gasteiger partial charge < -0.3 is 5.11 Å². The summed E-state index contributed by atoms with van der Waals surface area (Å²) in [5, 5.41) is 21.5. The van der Waals surface area contributed by atoms with Crippen LogP contribution >= 0.6 is 0 Å². The molecule has 0 bridgehead atoms. The van der Waals surface area contributed by atoms with E-state index in [1.165, 1.54) is 18.2 Å². The molecule has 0 radical (unpaired) electrons. The van der Waals surface area contributed by atoms with Crippen molar-refractivity contribution in [3.63, 3.8) is 0 Å². The predicted octanol–water partition coefficient (Wildman–Crippen LogP) is 4.11. The smallest absolute Gasteiger partial charge is 0.335 e. The Kier molecular flexibility index (Phi) is 3.31. The molecule has 0 saturated carbocycles. The summed E-state index contributed by atoms with van der Waals surface area (Å²) in [5.74, 6) is -1.06. The van der Waals surface area contributed by atoms with Crippen LogP contribution in [0.5, 0.6) is 0 Å². The Hall–Kier alpha value is -3.21. The summed E-state index contributed by atoms with van der Waals surface area (Å²) >= 11 is 0. The standard InChI is InChI=1S/C17H11NO4/c19-17(20)13-7-9-15-12(10-13)6-8-14(16(15)18(21)22)11-4-2-1-3-5-11/h1-10H,(H,19,20). The van der Waals surface area contributed by atoms with Gasteiger partial charge in [-0.05, 0) is 35.2 Å². The zero-order valence-corrected chi connectivity index (χ0v) is 11.4. The molecule has 0 aliphatic carbocycles. The Morgan fingerprint density at radius 3 is 2.36 bits per heavy atom. The van der Waals surface area contributed by atoms with Crippen LogP contribution in [0.3, 0.4) is 0 Å². The van der Waals surface area contributed by atoms with Gasteiger partial charge in [0.25, 0.3) is 5.69 Å². The van der Waals surface area contributed by atoms with Gasteiger partial charge in [-0.15, -0.1) is 0 Å². The van der Waals surface area contributed by atoms with Gasteiger partial charge in [0.15, 0.2) is 0 Å². The average Bonchev–Trinajstić information content (AvgIpc) is 2.53. The lowest BCUT2D eigenvalue weighted by atomic mass is 9.97. The third-order valence-electron chi connectivity index (χ3n) is 3.51. The fraction of sp³-hybridized carbons (Fsp3) is 0. The minimum atomic E-state index is -1.06. The number of nitro groups is 1. The number of carboxylic acid groups (broad SMARTS) is 1. The van der Waals surface area contributed by atoms with Crippen LogP contribution < -0.4 is 0 Å². The number of fused-ring (bicyclic) bond motifs is 1. The monoisotopic (exact) mass is 293 g/mol. The second-order valence-electron chi connectivity index (χ2n) is 4.83. The molecule has 3 aromatic carbocycles. The second-order valence-corrected chi connectivity index (χ2v) is 4.83. The highest BCUT2D eigenvalue weighted by Gasteiger charge is 2.20. The van der Waals surface area contributed by atoms with Gasteiger partial charge in [0, 0.05) is 0 Å². The van der Waals surface area contributed by atoms with Crippen molar-refractivity contribution >= 4 is 22.4 Å². The first-order chi connectivity index (χ1) is 10.6. The molecule has 0 spiro atoms. The highest BCUT2D eigenvalue weighted by atomic mass is 16.6. The zero-order chi connectivity index (χ0) is 15.7. The summed E-state index contributed by atoms with van der Waals surface area (Å²) in [5.41, 5.74) is 1.36. The molecule has 0 aromatic heterocycles. The van der Waals surface area contributed by atoms with E-state index in [0.717, 1.165) is 5.56 Å². The molecule has 3 aromatic rings. The van der Waals surface area contributed by atoms with E-state index in [2.05, 4.69) is 0 Å². The summed E-state index contributed by atoms with van der Waals surface area (Å²) in [4.78, 5) is 22.1. The van der Waals surface area contributed by atoms with Crippen molar-refractivity contribution in [1.29, 1.82) is 0 Å². The molecule has 22 heavy (non-hydrogen) atoms. The molecule has 1 N–H and O–H groups in total. The van der Waals surface area contributed by atoms with Crippen molar-refractivity contribution in [3.8, 4) is 11.1 Å². The number of hydrogen-bond donors (Lipinski definition) is 1. The van der Waals surface area contributed by atoms with Crippen molar-refractivity contribution in [2.24, 2.45) is 0 Å². The van der Waals surface area contributed by atoms with Crippen LogP contribution in [0.4, 0.5) is 5.69 Å². The Balaban J connectivity index is 2.32. The van der Waals surface area contributed by atoms with Gasteiger partial charge in [0.2, 0.25) is 0 Å². The molecule has 0 saturated heterocycles. The molecule has 5 heteroatoms. The lowest BCUT2D eigenvalue weighted by Gasteiger charge is -2.07. The largest absolute Gasteiger partial charge is 0.478 e. The maximum atomic E-state index is 11.5. The van der Waals surface area contributed by atoms with Crippen LogP contribution in [0, 0.1) is 10.1 Å². The molecule has 5 nitrogen and oxygen atoms in total. The summed E-state index contributed by atoms with van der Waals surface area (Å²) < 4.78 is 0. The molecule has 0 atom stereocenters. The highest BCUT2D eigenvalue weighted by molar-refractivity contribution is 6.01. The van der Waals surface area contributed by atoms with Crippen molar-refractivity contribution in [1.82, 2.24) is 0 Å².